The zero-order valence-corrected chi connectivity index (χ0v) is 9.29. The molecule has 2 aromatic rings. The molecule has 15 heavy (non-hydrogen) atoms. The van der Waals surface area contributed by atoms with Gasteiger partial charge in [0.05, 0.1) is 6.20 Å². The molecule has 0 unspecified atom stereocenters. The topological polar surface area (TPSA) is 85.7 Å². The standard InChI is InChI=1S/C7H6N4O2S2/c1-15(12,13)7-9-4-5(10-11-7)6-8-2-3-14-6/h2-4H,1H3. The van der Waals surface area contributed by atoms with Gasteiger partial charge in [-0.25, -0.2) is 18.4 Å². The van der Waals surface area contributed by atoms with Gasteiger partial charge in [0.2, 0.25) is 9.84 Å². The summed E-state index contributed by atoms with van der Waals surface area (Å²) in [6, 6.07) is 0. The lowest BCUT2D eigenvalue weighted by Gasteiger charge is -1.95. The molecule has 2 rings (SSSR count). The summed E-state index contributed by atoms with van der Waals surface area (Å²) in [4.78, 5) is 7.72. The number of aromatic nitrogens is 4. The summed E-state index contributed by atoms with van der Waals surface area (Å²) in [7, 11) is -3.39. The van der Waals surface area contributed by atoms with Crippen LogP contribution >= 0.6 is 11.3 Å². The molecule has 0 amide bonds. The fourth-order valence-corrected chi connectivity index (χ4v) is 1.90. The lowest BCUT2D eigenvalue weighted by atomic mass is 10.5. The second-order valence-corrected chi connectivity index (χ2v) is 5.54. The molecule has 0 bridgehead atoms. The molecular formula is C7H6N4O2S2. The van der Waals surface area contributed by atoms with Gasteiger partial charge in [-0.1, -0.05) is 0 Å². The summed E-state index contributed by atoms with van der Waals surface area (Å²) in [6.45, 7) is 0. The lowest BCUT2D eigenvalue weighted by Crippen LogP contribution is -2.05. The van der Waals surface area contributed by atoms with Crippen LogP contribution in [0.5, 0.6) is 0 Å². The average molecular weight is 242 g/mol. The predicted octanol–water partition coefficient (Wildman–Crippen LogP) is 0.399. The van der Waals surface area contributed by atoms with E-state index in [9.17, 15) is 8.42 Å². The Labute approximate surface area is 90.0 Å². The molecule has 78 valence electrons. The Morgan fingerprint density at radius 3 is 2.53 bits per heavy atom. The SMILES string of the molecule is CS(=O)(=O)c1ncc(-c2nccs2)nn1. The summed E-state index contributed by atoms with van der Waals surface area (Å²) < 4.78 is 22.1. The first-order chi connectivity index (χ1) is 7.07. The molecule has 0 aliphatic heterocycles. The molecule has 0 N–H and O–H groups in total. The highest BCUT2D eigenvalue weighted by molar-refractivity contribution is 7.90. The minimum Gasteiger partial charge on any atom is -0.243 e. The summed E-state index contributed by atoms with van der Waals surface area (Å²) in [5.41, 5.74) is 0.470. The van der Waals surface area contributed by atoms with Gasteiger partial charge in [-0.2, -0.15) is 0 Å². The number of thiazole rings is 1. The van der Waals surface area contributed by atoms with E-state index >= 15 is 0 Å². The van der Waals surface area contributed by atoms with Crippen LogP contribution in [0.3, 0.4) is 0 Å². The molecule has 0 aliphatic rings. The first-order valence-corrected chi connectivity index (χ1v) is 6.64. The van der Waals surface area contributed by atoms with Crippen LogP contribution in [0.15, 0.2) is 22.9 Å². The fraction of sp³-hybridized carbons (Fsp3) is 0.143. The summed E-state index contributed by atoms with van der Waals surface area (Å²) >= 11 is 1.39. The van der Waals surface area contributed by atoms with Crippen LogP contribution in [-0.4, -0.2) is 34.8 Å². The third-order valence-electron chi connectivity index (χ3n) is 1.52. The Kier molecular flexibility index (Phi) is 2.45. The molecule has 0 atom stereocenters. The van der Waals surface area contributed by atoms with Crippen molar-refractivity contribution in [3.8, 4) is 10.7 Å². The van der Waals surface area contributed by atoms with Crippen LogP contribution in [0.2, 0.25) is 0 Å². The zero-order valence-electron chi connectivity index (χ0n) is 7.65. The summed E-state index contributed by atoms with van der Waals surface area (Å²) in [5, 5.41) is 9.45. The molecule has 6 nitrogen and oxygen atoms in total. The highest BCUT2D eigenvalue weighted by Gasteiger charge is 2.12. The van der Waals surface area contributed by atoms with Crippen molar-refractivity contribution < 1.29 is 8.42 Å². The number of hydrogen-bond acceptors (Lipinski definition) is 7. The smallest absolute Gasteiger partial charge is 0.243 e. The zero-order chi connectivity index (χ0) is 10.9. The fourth-order valence-electron chi connectivity index (χ4n) is 0.882. The van der Waals surface area contributed by atoms with Crippen LogP contribution in [-0.2, 0) is 9.84 Å². The second kappa shape index (κ2) is 3.63. The Morgan fingerprint density at radius 1 is 1.27 bits per heavy atom. The van der Waals surface area contributed by atoms with Crippen LogP contribution in [0.25, 0.3) is 10.7 Å². The summed E-state index contributed by atoms with van der Waals surface area (Å²) in [6.07, 6.45) is 4.02. The van der Waals surface area contributed by atoms with Crippen molar-refractivity contribution in [3.05, 3.63) is 17.8 Å². The Balaban J connectivity index is 2.42. The quantitative estimate of drug-likeness (QED) is 0.757. The number of nitrogens with zero attached hydrogens (tertiary/aromatic N) is 4. The molecular weight excluding hydrogens is 236 g/mol. The van der Waals surface area contributed by atoms with Crippen molar-refractivity contribution in [2.45, 2.75) is 5.16 Å². The first kappa shape index (κ1) is 10.1. The van der Waals surface area contributed by atoms with Gasteiger partial charge in [0.15, 0.2) is 0 Å². The maximum atomic E-state index is 11.1. The molecule has 0 spiro atoms. The monoisotopic (exact) mass is 242 g/mol. The number of sulfone groups is 1. The predicted molar refractivity (Wildman–Crippen MR) is 54.0 cm³/mol. The van der Waals surface area contributed by atoms with Crippen LogP contribution < -0.4 is 0 Å². The molecule has 0 aromatic carbocycles. The van der Waals surface area contributed by atoms with E-state index < -0.39 is 9.84 Å². The van der Waals surface area contributed by atoms with Gasteiger partial charge in [-0.15, -0.1) is 21.5 Å². The van der Waals surface area contributed by atoms with Crippen LogP contribution in [0, 0.1) is 0 Å². The molecule has 2 aromatic heterocycles. The molecule has 0 saturated heterocycles. The largest absolute Gasteiger partial charge is 0.267 e. The van der Waals surface area contributed by atoms with Crippen molar-refractivity contribution in [3.63, 3.8) is 0 Å². The van der Waals surface area contributed by atoms with E-state index in [-0.39, 0.29) is 5.16 Å². The van der Waals surface area contributed by atoms with Crippen molar-refractivity contribution >= 4 is 21.2 Å². The van der Waals surface area contributed by atoms with Crippen LogP contribution in [0.1, 0.15) is 0 Å². The van der Waals surface area contributed by atoms with Gasteiger partial charge in [0.1, 0.15) is 10.7 Å². The van der Waals surface area contributed by atoms with Gasteiger partial charge in [-0.3, -0.25) is 0 Å². The minimum absolute atomic E-state index is 0.275. The van der Waals surface area contributed by atoms with E-state index in [4.69, 9.17) is 0 Å². The summed E-state index contributed by atoms with van der Waals surface area (Å²) in [5.74, 6) is 0. The second-order valence-electron chi connectivity index (χ2n) is 2.74. The van der Waals surface area contributed by atoms with E-state index in [2.05, 4.69) is 20.2 Å². The normalized spacial score (nSPS) is 11.5. The Bertz CT molecular complexity index is 547. The lowest BCUT2D eigenvalue weighted by molar-refractivity contribution is 0.589. The van der Waals surface area contributed by atoms with E-state index in [0.717, 1.165) is 6.26 Å². The van der Waals surface area contributed by atoms with E-state index in [1.54, 1.807) is 11.6 Å². The Morgan fingerprint density at radius 2 is 2.07 bits per heavy atom. The molecule has 0 aliphatic carbocycles. The third kappa shape index (κ3) is 2.16. The third-order valence-corrected chi connectivity index (χ3v) is 3.17. The van der Waals surface area contributed by atoms with Gasteiger partial charge in [-0.05, 0) is 0 Å². The molecule has 2 heterocycles. The van der Waals surface area contributed by atoms with E-state index in [1.165, 1.54) is 17.5 Å². The van der Waals surface area contributed by atoms with Crippen molar-refractivity contribution in [2.24, 2.45) is 0 Å². The maximum Gasteiger partial charge on any atom is 0.267 e. The highest BCUT2D eigenvalue weighted by Crippen LogP contribution is 2.17. The number of hydrogen-bond donors (Lipinski definition) is 0. The van der Waals surface area contributed by atoms with E-state index in [1.807, 2.05) is 0 Å². The van der Waals surface area contributed by atoms with Crippen LogP contribution in [0.4, 0.5) is 0 Å². The van der Waals surface area contributed by atoms with E-state index in [0.29, 0.717) is 10.7 Å². The molecule has 0 saturated carbocycles. The van der Waals surface area contributed by atoms with Gasteiger partial charge >= 0.3 is 0 Å². The molecule has 0 fully saturated rings. The minimum atomic E-state index is -3.39. The highest BCUT2D eigenvalue weighted by atomic mass is 32.2. The van der Waals surface area contributed by atoms with Crippen molar-refractivity contribution in [1.82, 2.24) is 20.2 Å². The number of rotatable bonds is 2. The average Bonchev–Trinajstić information content (AvgIpc) is 2.69. The Hall–Kier alpha value is -1.41. The molecule has 8 heteroatoms. The maximum absolute atomic E-state index is 11.1. The molecule has 0 radical (unpaired) electrons. The van der Waals surface area contributed by atoms with Gasteiger partial charge in [0, 0.05) is 17.8 Å². The van der Waals surface area contributed by atoms with Gasteiger partial charge in [0.25, 0.3) is 5.16 Å². The van der Waals surface area contributed by atoms with Crippen molar-refractivity contribution in [2.75, 3.05) is 6.26 Å². The first-order valence-electron chi connectivity index (χ1n) is 3.87. The van der Waals surface area contributed by atoms with Crippen molar-refractivity contribution in [1.29, 1.82) is 0 Å². The van der Waals surface area contributed by atoms with Gasteiger partial charge < -0.3 is 0 Å².